The summed E-state index contributed by atoms with van der Waals surface area (Å²) >= 11 is 0. The van der Waals surface area contributed by atoms with E-state index in [1.54, 1.807) is 6.92 Å². The van der Waals surface area contributed by atoms with Crippen LogP contribution in [0.4, 0.5) is 0 Å². The zero-order valence-corrected chi connectivity index (χ0v) is 10.8. The number of carboxylic acid groups (broad SMARTS) is 1. The third kappa shape index (κ3) is 4.36. The lowest BCUT2D eigenvalue weighted by molar-refractivity contribution is -0.138. The number of aliphatic carboxylic acids is 1. The number of amides is 1. The lowest BCUT2D eigenvalue weighted by Crippen LogP contribution is -2.43. The van der Waals surface area contributed by atoms with E-state index in [1.165, 1.54) is 12.8 Å². The van der Waals surface area contributed by atoms with Gasteiger partial charge in [0.05, 0.1) is 6.42 Å². The van der Waals surface area contributed by atoms with Crippen LogP contribution in [0, 0.1) is 5.41 Å². The number of hydrogen-bond acceptors (Lipinski definition) is 2. The van der Waals surface area contributed by atoms with Crippen molar-refractivity contribution in [1.82, 2.24) is 5.32 Å². The van der Waals surface area contributed by atoms with E-state index in [9.17, 15) is 9.59 Å². The number of carbonyl (C=O) groups is 2. The van der Waals surface area contributed by atoms with Gasteiger partial charge in [0.1, 0.15) is 0 Å². The van der Waals surface area contributed by atoms with E-state index in [2.05, 4.69) is 5.32 Å². The molecule has 0 aromatic rings. The second-order valence-electron chi connectivity index (χ2n) is 5.45. The van der Waals surface area contributed by atoms with Gasteiger partial charge in [0, 0.05) is 11.5 Å². The van der Waals surface area contributed by atoms with Crippen molar-refractivity contribution in [2.24, 2.45) is 5.41 Å². The minimum absolute atomic E-state index is 0.0121. The Morgan fingerprint density at radius 2 is 1.76 bits per heavy atom. The molecule has 1 unspecified atom stereocenters. The Labute approximate surface area is 103 Å². The van der Waals surface area contributed by atoms with Gasteiger partial charge in [-0.2, -0.15) is 0 Å². The topological polar surface area (TPSA) is 66.4 Å². The second kappa shape index (κ2) is 6.03. The number of carbonyl (C=O) groups excluding carboxylic acids is 1. The molecule has 0 aromatic heterocycles. The molecule has 0 aliphatic heterocycles. The van der Waals surface area contributed by atoms with E-state index in [1.807, 2.05) is 6.92 Å². The molecule has 2 N–H and O–H groups in total. The predicted molar refractivity (Wildman–Crippen MR) is 65.7 cm³/mol. The molecule has 1 fully saturated rings. The van der Waals surface area contributed by atoms with E-state index < -0.39 is 5.97 Å². The molecule has 1 aliphatic carbocycles. The van der Waals surface area contributed by atoms with Gasteiger partial charge in [-0.1, -0.05) is 32.6 Å². The van der Waals surface area contributed by atoms with E-state index in [0.29, 0.717) is 0 Å². The van der Waals surface area contributed by atoms with Crippen molar-refractivity contribution in [2.45, 2.75) is 64.8 Å². The molecule has 1 rings (SSSR count). The molecule has 0 saturated heterocycles. The fraction of sp³-hybridized carbons (Fsp3) is 0.846. The zero-order valence-electron chi connectivity index (χ0n) is 10.8. The number of rotatable bonds is 4. The largest absolute Gasteiger partial charge is 0.481 e. The summed E-state index contributed by atoms with van der Waals surface area (Å²) in [6.45, 7) is 3.74. The smallest absolute Gasteiger partial charge is 0.305 e. The van der Waals surface area contributed by atoms with Crippen molar-refractivity contribution in [3.05, 3.63) is 0 Å². The molecule has 1 saturated carbocycles. The minimum Gasteiger partial charge on any atom is -0.481 e. The first-order valence-electron chi connectivity index (χ1n) is 6.47. The van der Waals surface area contributed by atoms with Crippen LogP contribution in [0.2, 0.25) is 0 Å². The quantitative estimate of drug-likeness (QED) is 0.742. The number of nitrogens with one attached hydrogen (secondary N) is 1. The highest BCUT2D eigenvalue weighted by atomic mass is 16.4. The SMILES string of the molecule is CC(CC(=O)O)NC(=O)C1(C)CCCCCC1. The summed E-state index contributed by atoms with van der Waals surface area (Å²) in [6.07, 6.45) is 6.41. The van der Waals surface area contributed by atoms with Gasteiger partial charge in [0.15, 0.2) is 0 Å². The first kappa shape index (κ1) is 14.0. The van der Waals surface area contributed by atoms with Crippen LogP contribution in [0.5, 0.6) is 0 Å². The maximum Gasteiger partial charge on any atom is 0.305 e. The highest BCUT2D eigenvalue weighted by Gasteiger charge is 2.34. The van der Waals surface area contributed by atoms with Gasteiger partial charge in [-0.25, -0.2) is 0 Å². The summed E-state index contributed by atoms with van der Waals surface area (Å²) in [5.41, 5.74) is -0.302. The number of carboxylic acids is 1. The Hall–Kier alpha value is -1.06. The summed E-state index contributed by atoms with van der Waals surface area (Å²) < 4.78 is 0. The maximum atomic E-state index is 12.2. The fourth-order valence-electron chi connectivity index (χ4n) is 2.45. The zero-order chi connectivity index (χ0) is 12.9. The summed E-state index contributed by atoms with van der Waals surface area (Å²) in [4.78, 5) is 22.7. The molecule has 1 aliphatic rings. The second-order valence-corrected chi connectivity index (χ2v) is 5.45. The average Bonchev–Trinajstić information content (AvgIpc) is 2.42. The molecule has 4 heteroatoms. The van der Waals surface area contributed by atoms with Crippen molar-refractivity contribution < 1.29 is 14.7 Å². The van der Waals surface area contributed by atoms with Crippen molar-refractivity contribution in [1.29, 1.82) is 0 Å². The summed E-state index contributed by atoms with van der Waals surface area (Å²) in [5.74, 6) is -0.850. The number of hydrogen-bond donors (Lipinski definition) is 2. The molecule has 98 valence electrons. The Bertz CT molecular complexity index is 280. The highest BCUT2D eigenvalue weighted by molar-refractivity contribution is 5.83. The molecule has 0 radical (unpaired) electrons. The molecular formula is C13H23NO3. The Kier molecular flexibility index (Phi) is 4.97. The lowest BCUT2D eigenvalue weighted by Gasteiger charge is -2.28. The molecule has 0 aromatic carbocycles. The van der Waals surface area contributed by atoms with Crippen molar-refractivity contribution >= 4 is 11.9 Å². The highest BCUT2D eigenvalue weighted by Crippen LogP contribution is 2.34. The van der Waals surface area contributed by atoms with E-state index in [4.69, 9.17) is 5.11 Å². The first-order chi connectivity index (χ1) is 7.94. The van der Waals surface area contributed by atoms with E-state index in [0.717, 1.165) is 25.7 Å². The van der Waals surface area contributed by atoms with Crippen molar-refractivity contribution in [3.63, 3.8) is 0 Å². The van der Waals surface area contributed by atoms with Crippen molar-refractivity contribution in [2.75, 3.05) is 0 Å². The van der Waals surface area contributed by atoms with Gasteiger partial charge in [-0.05, 0) is 19.8 Å². The maximum absolute atomic E-state index is 12.2. The molecule has 0 heterocycles. The van der Waals surface area contributed by atoms with Gasteiger partial charge in [0.25, 0.3) is 0 Å². The van der Waals surface area contributed by atoms with Crippen LogP contribution in [-0.4, -0.2) is 23.0 Å². The fourth-order valence-corrected chi connectivity index (χ4v) is 2.45. The van der Waals surface area contributed by atoms with Gasteiger partial charge in [0.2, 0.25) is 5.91 Å². The van der Waals surface area contributed by atoms with Crippen LogP contribution in [0.15, 0.2) is 0 Å². The third-order valence-electron chi connectivity index (χ3n) is 3.61. The molecule has 1 atom stereocenters. The molecule has 17 heavy (non-hydrogen) atoms. The van der Waals surface area contributed by atoms with Gasteiger partial charge in [-0.15, -0.1) is 0 Å². The molecule has 4 nitrogen and oxygen atoms in total. The summed E-state index contributed by atoms with van der Waals surface area (Å²) in [6, 6.07) is -0.292. The Morgan fingerprint density at radius 3 is 2.24 bits per heavy atom. The van der Waals surface area contributed by atoms with Gasteiger partial charge < -0.3 is 10.4 Å². The Morgan fingerprint density at radius 1 is 1.24 bits per heavy atom. The average molecular weight is 241 g/mol. The lowest BCUT2D eigenvalue weighted by atomic mass is 9.81. The first-order valence-corrected chi connectivity index (χ1v) is 6.47. The van der Waals surface area contributed by atoms with Crippen LogP contribution in [0.3, 0.4) is 0 Å². The standard InChI is InChI=1S/C13H23NO3/c1-10(9-11(15)16)14-12(17)13(2)7-5-3-4-6-8-13/h10H,3-9H2,1-2H3,(H,14,17)(H,15,16). The van der Waals surface area contributed by atoms with Crippen molar-refractivity contribution in [3.8, 4) is 0 Å². The Balaban J connectivity index is 2.52. The van der Waals surface area contributed by atoms with Gasteiger partial charge in [-0.3, -0.25) is 9.59 Å². The molecular weight excluding hydrogens is 218 g/mol. The predicted octanol–water partition coefficient (Wildman–Crippen LogP) is 2.33. The van der Waals surface area contributed by atoms with Crippen LogP contribution < -0.4 is 5.32 Å². The monoisotopic (exact) mass is 241 g/mol. The normalized spacial score (nSPS) is 21.3. The van der Waals surface area contributed by atoms with Crippen LogP contribution >= 0.6 is 0 Å². The molecule has 0 bridgehead atoms. The van der Waals surface area contributed by atoms with Crippen LogP contribution in [0.25, 0.3) is 0 Å². The van der Waals surface area contributed by atoms with Crippen LogP contribution in [0.1, 0.15) is 58.8 Å². The summed E-state index contributed by atoms with van der Waals surface area (Å²) in [5, 5.41) is 11.5. The van der Waals surface area contributed by atoms with Gasteiger partial charge >= 0.3 is 5.97 Å². The van der Waals surface area contributed by atoms with E-state index in [-0.39, 0.29) is 23.8 Å². The summed E-state index contributed by atoms with van der Waals surface area (Å²) in [7, 11) is 0. The molecule has 1 amide bonds. The third-order valence-corrected chi connectivity index (χ3v) is 3.61. The van der Waals surface area contributed by atoms with E-state index >= 15 is 0 Å². The van der Waals surface area contributed by atoms with Crippen LogP contribution in [-0.2, 0) is 9.59 Å². The molecule has 0 spiro atoms. The minimum atomic E-state index is -0.871.